The van der Waals surface area contributed by atoms with Gasteiger partial charge in [-0.15, -0.1) is 0 Å². The van der Waals surface area contributed by atoms with Gasteiger partial charge in [-0.1, -0.05) is 35.9 Å². The van der Waals surface area contributed by atoms with Gasteiger partial charge in [-0.2, -0.15) is 0 Å². The minimum absolute atomic E-state index is 0.0643. The Morgan fingerprint density at radius 3 is 2.54 bits per heavy atom. The predicted molar refractivity (Wildman–Crippen MR) is 94.0 cm³/mol. The van der Waals surface area contributed by atoms with Crippen LogP contribution in [0.3, 0.4) is 0 Å². The van der Waals surface area contributed by atoms with Crippen molar-refractivity contribution in [3.63, 3.8) is 0 Å². The Balaban J connectivity index is 2.01. The number of amides is 1. The fourth-order valence-electron chi connectivity index (χ4n) is 2.55. The van der Waals surface area contributed by atoms with Crippen LogP contribution in [0.25, 0.3) is 0 Å². The van der Waals surface area contributed by atoms with E-state index in [0.717, 1.165) is 11.3 Å². The second kappa shape index (κ2) is 6.96. The Bertz CT molecular complexity index is 847. The van der Waals surface area contributed by atoms with Crippen molar-refractivity contribution in [2.24, 2.45) is 0 Å². The van der Waals surface area contributed by atoms with Gasteiger partial charge >= 0.3 is 0 Å². The summed E-state index contributed by atoms with van der Waals surface area (Å²) < 4.78 is 0. The highest BCUT2D eigenvalue weighted by Gasteiger charge is 2.21. The van der Waals surface area contributed by atoms with Crippen molar-refractivity contribution in [1.82, 2.24) is 4.98 Å². The molecule has 4 heteroatoms. The number of carbonyl (C=O) groups is 1. The third-order valence-corrected chi connectivity index (χ3v) is 3.73. The zero-order valence-electron chi connectivity index (χ0n) is 13.4. The van der Waals surface area contributed by atoms with Crippen molar-refractivity contribution in [3.05, 3.63) is 89.7 Å². The molecular formula is C20H18N2O2. The number of aromatic nitrogens is 1. The fraction of sp³-hybridized carbons (Fsp3) is 0.100. The van der Waals surface area contributed by atoms with E-state index < -0.39 is 0 Å². The van der Waals surface area contributed by atoms with E-state index in [1.807, 2.05) is 43.3 Å². The molecule has 1 N–H and O–H groups in total. The van der Waals surface area contributed by atoms with Crippen molar-refractivity contribution < 1.29 is 9.90 Å². The first-order valence-electron chi connectivity index (χ1n) is 7.71. The van der Waals surface area contributed by atoms with Crippen LogP contribution in [0.5, 0.6) is 5.75 Å². The molecule has 120 valence electrons. The molecule has 2 aromatic carbocycles. The van der Waals surface area contributed by atoms with Gasteiger partial charge in [0.2, 0.25) is 0 Å². The Hall–Kier alpha value is -3.14. The van der Waals surface area contributed by atoms with E-state index in [1.165, 1.54) is 0 Å². The third-order valence-electron chi connectivity index (χ3n) is 3.73. The van der Waals surface area contributed by atoms with E-state index in [1.54, 1.807) is 41.4 Å². The van der Waals surface area contributed by atoms with Crippen LogP contribution in [-0.4, -0.2) is 16.0 Å². The Morgan fingerprint density at radius 2 is 1.83 bits per heavy atom. The number of phenols is 1. The van der Waals surface area contributed by atoms with Crippen molar-refractivity contribution in [3.8, 4) is 5.75 Å². The zero-order chi connectivity index (χ0) is 16.9. The lowest BCUT2D eigenvalue weighted by Gasteiger charge is -2.23. The van der Waals surface area contributed by atoms with Gasteiger partial charge in [-0.3, -0.25) is 14.7 Å². The van der Waals surface area contributed by atoms with Gasteiger partial charge in [-0.05, 0) is 43.3 Å². The summed E-state index contributed by atoms with van der Waals surface area (Å²) in [6.07, 6.45) is 1.69. The fourth-order valence-corrected chi connectivity index (χ4v) is 2.55. The number of nitrogens with zero attached hydrogens (tertiary/aromatic N) is 2. The van der Waals surface area contributed by atoms with E-state index in [0.29, 0.717) is 11.3 Å². The number of hydrogen-bond donors (Lipinski definition) is 1. The minimum Gasteiger partial charge on any atom is -0.506 e. The lowest BCUT2D eigenvalue weighted by molar-refractivity contribution is 0.0984. The average Bonchev–Trinajstić information content (AvgIpc) is 2.61. The maximum Gasteiger partial charge on any atom is 0.258 e. The molecule has 3 aromatic rings. The summed E-state index contributed by atoms with van der Waals surface area (Å²) in [5.74, 6) is -0.111. The molecule has 0 bridgehead atoms. The van der Waals surface area contributed by atoms with Crippen LogP contribution in [-0.2, 0) is 6.54 Å². The molecular weight excluding hydrogens is 300 g/mol. The predicted octanol–water partition coefficient (Wildman–Crippen LogP) is 3.94. The standard InChI is InChI=1S/C20H18N2O2/c1-15-7-6-8-16(13-15)20(24)22(14-17-9-4-5-12-21-17)18-10-2-3-11-19(18)23/h2-13,23H,14H2,1H3. The van der Waals surface area contributed by atoms with Crippen molar-refractivity contribution in [2.75, 3.05) is 4.90 Å². The number of para-hydroxylation sites is 2. The van der Waals surface area contributed by atoms with Gasteiger partial charge in [0.15, 0.2) is 0 Å². The molecule has 1 aromatic heterocycles. The normalized spacial score (nSPS) is 10.4. The average molecular weight is 318 g/mol. The van der Waals surface area contributed by atoms with Gasteiger partial charge in [0.05, 0.1) is 17.9 Å². The Morgan fingerprint density at radius 1 is 1.04 bits per heavy atom. The van der Waals surface area contributed by atoms with E-state index in [4.69, 9.17) is 0 Å². The van der Waals surface area contributed by atoms with Gasteiger partial charge in [0.1, 0.15) is 5.75 Å². The summed E-state index contributed by atoms with van der Waals surface area (Å²) in [6.45, 7) is 2.23. The van der Waals surface area contributed by atoms with Crippen LogP contribution in [0.15, 0.2) is 72.9 Å². The number of anilines is 1. The maximum absolute atomic E-state index is 13.0. The number of aryl methyl sites for hydroxylation is 1. The summed E-state index contributed by atoms with van der Waals surface area (Å²) >= 11 is 0. The van der Waals surface area contributed by atoms with Gasteiger partial charge in [-0.25, -0.2) is 0 Å². The van der Waals surface area contributed by atoms with Gasteiger partial charge < -0.3 is 5.11 Å². The molecule has 1 heterocycles. The number of rotatable bonds is 4. The summed E-state index contributed by atoms with van der Waals surface area (Å²) in [5.41, 5.74) is 2.81. The van der Waals surface area contributed by atoms with Crippen LogP contribution >= 0.6 is 0 Å². The molecule has 0 spiro atoms. The van der Waals surface area contributed by atoms with Crippen molar-refractivity contribution in [1.29, 1.82) is 0 Å². The lowest BCUT2D eigenvalue weighted by Crippen LogP contribution is -2.30. The summed E-state index contributed by atoms with van der Waals surface area (Å²) in [4.78, 5) is 18.9. The molecule has 0 fully saturated rings. The molecule has 0 unspecified atom stereocenters. The van der Waals surface area contributed by atoms with Crippen LogP contribution in [0, 0.1) is 6.92 Å². The lowest BCUT2D eigenvalue weighted by atomic mass is 10.1. The number of carbonyl (C=O) groups excluding carboxylic acids is 1. The third kappa shape index (κ3) is 3.43. The molecule has 0 aliphatic rings. The molecule has 0 atom stereocenters. The van der Waals surface area contributed by atoms with Crippen LogP contribution in [0.4, 0.5) is 5.69 Å². The number of benzene rings is 2. The number of hydrogen-bond acceptors (Lipinski definition) is 3. The Kier molecular flexibility index (Phi) is 4.57. The molecule has 4 nitrogen and oxygen atoms in total. The van der Waals surface area contributed by atoms with Gasteiger partial charge in [0.25, 0.3) is 5.91 Å². The summed E-state index contributed by atoms with van der Waals surface area (Å²) in [6, 6.07) is 19.8. The van der Waals surface area contributed by atoms with E-state index in [-0.39, 0.29) is 18.2 Å². The first kappa shape index (κ1) is 15.7. The SMILES string of the molecule is Cc1cccc(C(=O)N(Cc2ccccn2)c2ccccc2O)c1. The first-order valence-corrected chi connectivity index (χ1v) is 7.71. The van der Waals surface area contributed by atoms with Crippen molar-refractivity contribution >= 4 is 11.6 Å². The van der Waals surface area contributed by atoms with Crippen LogP contribution < -0.4 is 4.90 Å². The van der Waals surface area contributed by atoms with E-state index in [2.05, 4.69) is 4.98 Å². The molecule has 0 aliphatic heterocycles. The van der Waals surface area contributed by atoms with E-state index >= 15 is 0 Å². The molecule has 0 radical (unpaired) electrons. The monoisotopic (exact) mass is 318 g/mol. The van der Waals surface area contributed by atoms with E-state index in [9.17, 15) is 9.90 Å². The van der Waals surface area contributed by atoms with Crippen LogP contribution in [0.2, 0.25) is 0 Å². The highest BCUT2D eigenvalue weighted by Crippen LogP contribution is 2.29. The minimum atomic E-state index is -0.175. The topological polar surface area (TPSA) is 53.4 Å². The van der Waals surface area contributed by atoms with Crippen molar-refractivity contribution in [2.45, 2.75) is 13.5 Å². The summed E-state index contributed by atoms with van der Waals surface area (Å²) in [5, 5.41) is 10.2. The maximum atomic E-state index is 13.0. The first-order chi connectivity index (χ1) is 11.6. The second-order valence-corrected chi connectivity index (χ2v) is 5.57. The van der Waals surface area contributed by atoms with Gasteiger partial charge in [0, 0.05) is 11.8 Å². The number of phenolic OH excluding ortho intramolecular Hbond substituents is 1. The second-order valence-electron chi connectivity index (χ2n) is 5.57. The molecule has 0 aliphatic carbocycles. The molecule has 24 heavy (non-hydrogen) atoms. The Labute approximate surface area is 141 Å². The smallest absolute Gasteiger partial charge is 0.258 e. The highest BCUT2D eigenvalue weighted by atomic mass is 16.3. The summed E-state index contributed by atoms with van der Waals surface area (Å²) in [7, 11) is 0. The highest BCUT2D eigenvalue weighted by molar-refractivity contribution is 6.06. The van der Waals surface area contributed by atoms with Crippen LogP contribution in [0.1, 0.15) is 21.6 Å². The largest absolute Gasteiger partial charge is 0.506 e. The molecule has 0 saturated carbocycles. The molecule has 0 saturated heterocycles. The molecule has 1 amide bonds. The molecule has 3 rings (SSSR count). The quantitative estimate of drug-likeness (QED) is 0.792. The zero-order valence-corrected chi connectivity index (χ0v) is 13.4. The number of pyridine rings is 1. The number of aromatic hydroxyl groups is 1.